The molecule has 0 aliphatic heterocycles. The summed E-state index contributed by atoms with van der Waals surface area (Å²) in [4.78, 5) is 24.3. The van der Waals surface area contributed by atoms with Crippen molar-refractivity contribution in [1.82, 2.24) is 5.32 Å². The summed E-state index contributed by atoms with van der Waals surface area (Å²) in [6.45, 7) is 0.931. The number of halogens is 7. The van der Waals surface area contributed by atoms with Crippen molar-refractivity contribution in [3.63, 3.8) is 0 Å². The molecule has 0 saturated carbocycles. The highest BCUT2D eigenvalue weighted by Gasteiger charge is 2.44. The van der Waals surface area contributed by atoms with Crippen molar-refractivity contribution in [2.24, 2.45) is 0 Å². The van der Waals surface area contributed by atoms with Crippen LogP contribution in [-0.2, 0) is 15.7 Å². The maximum absolute atomic E-state index is 14.3. The molecule has 1 amide bonds. The summed E-state index contributed by atoms with van der Waals surface area (Å²) in [6, 6.07) is 4.39. The van der Waals surface area contributed by atoms with Crippen LogP contribution in [0.3, 0.4) is 0 Å². The van der Waals surface area contributed by atoms with E-state index in [1.54, 1.807) is 0 Å². The fraction of sp³-hybridized carbons (Fsp3) is 0.222. The largest absolute Gasteiger partial charge is 0.464 e. The van der Waals surface area contributed by atoms with Crippen LogP contribution in [0.1, 0.15) is 34.5 Å². The van der Waals surface area contributed by atoms with Gasteiger partial charge in [0.05, 0.1) is 12.2 Å². The predicted molar refractivity (Wildman–Crippen MR) is 84.6 cm³/mol. The Hall–Kier alpha value is -3.11. The smallest absolute Gasteiger partial charge is 0.422 e. The first-order valence-corrected chi connectivity index (χ1v) is 7.96. The third-order valence-corrected chi connectivity index (χ3v) is 3.70. The Morgan fingerprint density at radius 3 is 1.93 bits per heavy atom. The van der Waals surface area contributed by atoms with E-state index >= 15 is 0 Å². The van der Waals surface area contributed by atoms with Crippen LogP contribution < -0.4 is 5.32 Å². The molecule has 11 heteroatoms. The van der Waals surface area contributed by atoms with Gasteiger partial charge in [-0.2, -0.15) is 13.2 Å². The fourth-order valence-electron chi connectivity index (χ4n) is 2.43. The van der Waals surface area contributed by atoms with Crippen LogP contribution in [0.5, 0.6) is 0 Å². The van der Waals surface area contributed by atoms with E-state index in [4.69, 9.17) is 0 Å². The number of nitrogens with one attached hydrogen (secondary N) is 1. The van der Waals surface area contributed by atoms with E-state index in [1.807, 2.05) is 5.32 Å². The lowest BCUT2D eigenvalue weighted by Crippen LogP contribution is -2.37. The van der Waals surface area contributed by atoms with Gasteiger partial charge in [-0.15, -0.1) is 0 Å². The molecule has 0 aliphatic rings. The Bertz CT molecular complexity index is 900. The van der Waals surface area contributed by atoms with Crippen LogP contribution in [0.2, 0.25) is 0 Å². The van der Waals surface area contributed by atoms with Crippen molar-refractivity contribution in [2.45, 2.75) is 19.1 Å². The highest BCUT2D eigenvalue weighted by atomic mass is 19.4. The highest BCUT2D eigenvalue weighted by molar-refractivity contribution is 5.97. The van der Waals surface area contributed by atoms with Gasteiger partial charge in [-0.05, 0) is 19.1 Å². The summed E-state index contributed by atoms with van der Waals surface area (Å²) >= 11 is 0. The second kappa shape index (κ2) is 8.50. The predicted octanol–water partition coefficient (Wildman–Crippen LogP) is 4.30. The van der Waals surface area contributed by atoms with Crippen molar-refractivity contribution in [3.8, 4) is 0 Å². The molecule has 2 aromatic carbocycles. The molecule has 0 heterocycles. The van der Waals surface area contributed by atoms with Gasteiger partial charge in [-0.25, -0.2) is 22.4 Å². The number of amides is 1. The Kier molecular flexibility index (Phi) is 6.50. The molecule has 2 rings (SSSR count). The third kappa shape index (κ3) is 4.49. The minimum absolute atomic E-state index is 0.101. The Morgan fingerprint density at radius 2 is 1.48 bits per heavy atom. The maximum atomic E-state index is 14.3. The first kappa shape index (κ1) is 22.2. The number of benzene rings is 2. The molecular weight excluding hydrogens is 411 g/mol. The number of esters is 1. The molecule has 0 bridgehead atoms. The van der Waals surface area contributed by atoms with Gasteiger partial charge in [0.1, 0.15) is 5.56 Å². The monoisotopic (exact) mass is 423 g/mol. The lowest BCUT2D eigenvalue weighted by Gasteiger charge is -2.21. The second-order valence-electron chi connectivity index (χ2n) is 5.57. The second-order valence-corrected chi connectivity index (χ2v) is 5.57. The van der Waals surface area contributed by atoms with Crippen LogP contribution in [-0.4, -0.2) is 18.5 Å². The van der Waals surface area contributed by atoms with Gasteiger partial charge in [0.15, 0.2) is 29.3 Å². The van der Waals surface area contributed by atoms with Gasteiger partial charge in [0.25, 0.3) is 5.91 Å². The van der Waals surface area contributed by atoms with E-state index in [0.717, 1.165) is 0 Å². The van der Waals surface area contributed by atoms with Crippen molar-refractivity contribution >= 4 is 11.9 Å². The van der Waals surface area contributed by atoms with E-state index in [-0.39, 0.29) is 12.2 Å². The molecule has 1 atom stereocenters. The zero-order valence-corrected chi connectivity index (χ0v) is 14.5. The minimum atomic E-state index is -5.75. The van der Waals surface area contributed by atoms with Gasteiger partial charge >= 0.3 is 12.1 Å². The molecule has 0 aliphatic carbocycles. The van der Waals surface area contributed by atoms with Gasteiger partial charge in [0, 0.05) is 5.56 Å². The standard InChI is InChI=1S/C18H12F7NO3/c1-2-29-17(28)15(26-16(27)8-6-4-3-5-7-8)9-11(19)13(21)10(18(23,24)25)14(22)12(9)20/h3-7,15H,2H2,1H3,(H,26,27). The van der Waals surface area contributed by atoms with Crippen molar-refractivity contribution in [2.75, 3.05) is 6.61 Å². The van der Waals surface area contributed by atoms with Crippen LogP contribution in [0.4, 0.5) is 30.7 Å². The molecule has 1 unspecified atom stereocenters. The number of hydrogen-bond acceptors (Lipinski definition) is 3. The zero-order valence-electron chi connectivity index (χ0n) is 14.5. The number of carbonyl (C=O) groups is 2. The SMILES string of the molecule is CCOC(=O)C(NC(=O)c1ccccc1)c1c(F)c(F)c(C(F)(F)F)c(F)c1F. The Labute approximate surface area is 159 Å². The topological polar surface area (TPSA) is 55.4 Å². The summed E-state index contributed by atoms with van der Waals surface area (Å²) < 4.78 is 99.1. The number of carbonyl (C=O) groups excluding carboxylic acids is 2. The van der Waals surface area contributed by atoms with E-state index < -0.39 is 58.5 Å². The average Bonchev–Trinajstić information content (AvgIpc) is 2.65. The van der Waals surface area contributed by atoms with E-state index in [2.05, 4.69) is 4.74 Å². The van der Waals surface area contributed by atoms with Gasteiger partial charge in [-0.3, -0.25) is 4.79 Å². The minimum Gasteiger partial charge on any atom is -0.464 e. The molecule has 1 N–H and O–H groups in total. The molecule has 2 aromatic rings. The van der Waals surface area contributed by atoms with E-state index in [0.29, 0.717) is 0 Å². The lowest BCUT2D eigenvalue weighted by atomic mass is 10.0. The van der Waals surface area contributed by atoms with Crippen molar-refractivity contribution in [3.05, 3.63) is 70.3 Å². The summed E-state index contributed by atoms with van der Waals surface area (Å²) in [6.07, 6.45) is -5.75. The zero-order chi connectivity index (χ0) is 21.9. The normalized spacial score (nSPS) is 12.4. The number of rotatable bonds is 5. The first-order valence-electron chi connectivity index (χ1n) is 7.96. The van der Waals surface area contributed by atoms with Gasteiger partial charge in [-0.1, -0.05) is 18.2 Å². The molecular formula is C18H12F7NO3. The van der Waals surface area contributed by atoms with Gasteiger partial charge in [0.2, 0.25) is 0 Å². The quantitative estimate of drug-likeness (QED) is 0.444. The third-order valence-electron chi connectivity index (χ3n) is 3.70. The molecule has 156 valence electrons. The molecule has 0 fully saturated rings. The number of hydrogen-bond donors (Lipinski definition) is 1. The molecule has 0 aromatic heterocycles. The van der Waals surface area contributed by atoms with Crippen LogP contribution in [0, 0.1) is 23.3 Å². The number of alkyl halides is 3. The summed E-state index contributed by atoms with van der Waals surface area (Å²) in [5, 5.41) is 1.82. The molecule has 0 spiro atoms. The Morgan fingerprint density at radius 1 is 0.966 bits per heavy atom. The highest BCUT2D eigenvalue weighted by Crippen LogP contribution is 2.38. The van der Waals surface area contributed by atoms with Crippen molar-refractivity contribution < 1.29 is 45.1 Å². The average molecular weight is 423 g/mol. The number of ether oxygens (including phenoxy) is 1. The molecule has 29 heavy (non-hydrogen) atoms. The van der Waals surface area contributed by atoms with E-state index in [9.17, 15) is 40.3 Å². The summed E-state index contributed by atoms with van der Waals surface area (Å²) in [7, 11) is 0. The van der Waals surface area contributed by atoms with Crippen LogP contribution in [0.25, 0.3) is 0 Å². The van der Waals surface area contributed by atoms with E-state index in [1.165, 1.54) is 37.3 Å². The lowest BCUT2D eigenvalue weighted by molar-refractivity contribution is -0.145. The molecule has 0 saturated heterocycles. The van der Waals surface area contributed by atoms with Crippen molar-refractivity contribution in [1.29, 1.82) is 0 Å². The van der Waals surface area contributed by atoms with Crippen LogP contribution in [0.15, 0.2) is 30.3 Å². The van der Waals surface area contributed by atoms with Crippen LogP contribution >= 0.6 is 0 Å². The van der Waals surface area contributed by atoms with Gasteiger partial charge < -0.3 is 10.1 Å². The summed E-state index contributed by atoms with van der Waals surface area (Å²) in [5.41, 5.74) is -4.65. The summed E-state index contributed by atoms with van der Waals surface area (Å²) in [5.74, 6) is -13.1. The maximum Gasteiger partial charge on any atom is 0.422 e. The first-order chi connectivity index (χ1) is 13.5. The molecule has 0 radical (unpaired) electrons. The molecule has 4 nitrogen and oxygen atoms in total. The Balaban J connectivity index is 2.63. The fourth-order valence-corrected chi connectivity index (χ4v) is 2.43.